The van der Waals surface area contributed by atoms with E-state index in [4.69, 9.17) is 0 Å². The first-order valence-electron chi connectivity index (χ1n) is 5.82. The van der Waals surface area contributed by atoms with Crippen LogP contribution in [0.4, 0.5) is 0 Å². The minimum atomic E-state index is 0.748. The van der Waals surface area contributed by atoms with Gasteiger partial charge < -0.3 is 0 Å². The second-order valence-electron chi connectivity index (χ2n) is 4.20. The van der Waals surface area contributed by atoms with Crippen molar-refractivity contribution in [2.45, 2.75) is 38.8 Å². The molecule has 0 saturated carbocycles. The maximum absolute atomic E-state index is 3.29. The Morgan fingerprint density at radius 3 is 2.88 bits per heavy atom. The fourth-order valence-electron chi connectivity index (χ4n) is 2.14. The van der Waals surface area contributed by atoms with E-state index in [0.717, 1.165) is 12.6 Å². The van der Waals surface area contributed by atoms with E-state index in [-0.39, 0.29) is 0 Å². The van der Waals surface area contributed by atoms with Gasteiger partial charge in [-0.3, -0.25) is 4.90 Å². The van der Waals surface area contributed by atoms with E-state index in [1.807, 2.05) is 12.1 Å². The van der Waals surface area contributed by atoms with Crippen LogP contribution in [-0.2, 0) is 22.9 Å². The van der Waals surface area contributed by atoms with E-state index in [1.54, 1.807) is 0 Å². The summed E-state index contributed by atoms with van der Waals surface area (Å²) in [4.78, 5) is 2.56. The molecule has 2 rings (SSSR count). The zero-order chi connectivity index (χ0) is 11.8. The van der Waals surface area contributed by atoms with Gasteiger partial charge in [0.25, 0.3) is 0 Å². The minimum absolute atomic E-state index is 0.748. The second kappa shape index (κ2) is 8.39. The molecule has 0 amide bonds. The van der Waals surface area contributed by atoms with Gasteiger partial charge in [-0.05, 0) is 26.3 Å². The zero-order valence-electron chi connectivity index (χ0n) is 9.95. The molecule has 1 unspecified atom stereocenters. The topological polar surface area (TPSA) is 3.24 Å². The zero-order valence-corrected chi connectivity index (χ0v) is 14.5. The Bertz CT molecular complexity index is 279. The first-order valence-corrected chi connectivity index (χ1v) is 12.8. The van der Waals surface area contributed by atoms with Gasteiger partial charge in [-0.25, -0.2) is 0 Å². The third-order valence-corrected chi connectivity index (χ3v) is 3.09. The quantitative estimate of drug-likeness (QED) is 0.589. The van der Waals surface area contributed by atoms with Crippen molar-refractivity contribution in [3.63, 3.8) is 0 Å². The molecule has 1 saturated heterocycles. The molecule has 1 aromatic carbocycles. The Labute approximate surface area is 116 Å². The number of likely N-dealkylation sites (tertiary alicyclic amines) is 1. The monoisotopic (exact) mass is 331 g/mol. The molecule has 16 heavy (non-hydrogen) atoms. The van der Waals surface area contributed by atoms with Crippen molar-refractivity contribution >= 4 is 13.6 Å². The summed E-state index contributed by atoms with van der Waals surface area (Å²) < 4.78 is 0. The van der Waals surface area contributed by atoms with Crippen LogP contribution in [0.1, 0.15) is 31.7 Å². The fraction of sp³-hybridized carbons (Fsp3) is 0.538. The van der Waals surface area contributed by atoms with E-state index in [9.17, 15) is 0 Å². The van der Waals surface area contributed by atoms with Crippen molar-refractivity contribution in [3.8, 4) is 0 Å². The van der Waals surface area contributed by atoms with Crippen molar-refractivity contribution in [1.82, 2.24) is 4.90 Å². The molecule has 1 nitrogen and oxygen atoms in total. The molecule has 1 heterocycles. The van der Waals surface area contributed by atoms with Crippen LogP contribution in [-0.4, -0.2) is 17.5 Å². The summed E-state index contributed by atoms with van der Waals surface area (Å²) in [5, 5.41) is 0. The third kappa shape index (κ3) is 4.65. The van der Waals surface area contributed by atoms with E-state index >= 15 is 0 Å². The summed E-state index contributed by atoms with van der Waals surface area (Å²) in [5.41, 5.74) is 1.32. The van der Waals surface area contributed by atoms with Gasteiger partial charge in [0, 0.05) is 12.6 Å². The van der Waals surface area contributed by atoms with Gasteiger partial charge in [0.2, 0.25) is 0 Å². The van der Waals surface area contributed by atoms with Gasteiger partial charge in [-0.2, -0.15) is 30.3 Å². The van der Waals surface area contributed by atoms with Crippen LogP contribution < -0.4 is 0 Å². The van der Waals surface area contributed by atoms with Crippen LogP contribution >= 0.6 is 13.6 Å². The number of rotatable bonds is 2. The molecule has 84 valence electrons. The molecule has 1 aliphatic rings. The van der Waals surface area contributed by atoms with Gasteiger partial charge >= 0.3 is 30.0 Å². The van der Waals surface area contributed by atoms with Crippen LogP contribution in [0.25, 0.3) is 0 Å². The SMILES string of the molecule is CC1CCCCN1Cc1[c-]cccc1.[Zn+][Br]. The average molecular weight is 334 g/mol. The van der Waals surface area contributed by atoms with Crippen LogP contribution in [0.2, 0.25) is 0 Å². The van der Waals surface area contributed by atoms with Gasteiger partial charge in [0.05, 0.1) is 0 Å². The third-order valence-electron chi connectivity index (χ3n) is 3.09. The summed E-state index contributed by atoms with van der Waals surface area (Å²) in [5.74, 6) is 0. The van der Waals surface area contributed by atoms with Crippen molar-refractivity contribution in [2.24, 2.45) is 0 Å². The summed E-state index contributed by atoms with van der Waals surface area (Å²) in [6.45, 7) is 4.66. The molecule has 0 aromatic heterocycles. The second-order valence-corrected chi connectivity index (χ2v) is 4.20. The first kappa shape index (κ1) is 14.3. The molecule has 0 radical (unpaired) electrons. The average Bonchev–Trinajstić information content (AvgIpc) is 2.36. The van der Waals surface area contributed by atoms with E-state index in [2.05, 4.69) is 43.6 Å². The van der Waals surface area contributed by atoms with Crippen molar-refractivity contribution in [1.29, 1.82) is 0 Å². The van der Waals surface area contributed by atoms with E-state index in [1.165, 1.54) is 47.7 Å². The van der Waals surface area contributed by atoms with E-state index in [0.29, 0.717) is 0 Å². The van der Waals surface area contributed by atoms with Gasteiger partial charge in [0.15, 0.2) is 0 Å². The molecule has 0 aliphatic carbocycles. The van der Waals surface area contributed by atoms with Crippen molar-refractivity contribution in [3.05, 3.63) is 35.9 Å². The molecule has 1 fully saturated rings. The first-order chi connectivity index (χ1) is 7.86. The standard InChI is InChI=1S/C13H18N.BrH.Zn/c1-12-7-5-6-10-14(12)11-13-8-3-2-4-9-13;;/h2-4,8,12H,5-7,10-11H2,1H3;1H;/q-1;;+2/p-1. The molecule has 1 aliphatic heterocycles. The van der Waals surface area contributed by atoms with Crippen LogP contribution in [0, 0.1) is 6.07 Å². The Kier molecular flexibility index (Phi) is 7.52. The molecule has 3 heteroatoms. The Balaban J connectivity index is 0.000000606. The predicted molar refractivity (Wildman–Crippen MR) is 67.9 cm³/mol. The number of piperidine rings is 1. The van der Waals surface area contributed by atoms with Crippen LogP contribution in [0.15, 0.2) is 24.3 Å². The molecule has 1 aromatic rings. The fourth-order valence-corrected chi connectivity index (χ4v) is 2.14. The molecular weight excluding hydrogens is 315 g/mol. The van der Waals surface area contributed by atoms with E-state index < -0.39 is 0 Å². The molecule has 1 atom stereocenters. The number of benzene rings is 1. The molecule has 0 N–H and O–H groups in total. The van der Waals surface area contributed by atoms with Gasteiger partial charge in [0.1, 0.15) is 0 Å². The number of halogens is 1. The van der Waals surface area contributed by atoms with Gasteiger partial charge in [-0.15, -0.1) is 5.56 Å². The van der Waals surface area contributed by atoms with Crippen LogP contribution in [0.5, 0.6) is 0 Å². The summed E-state index contributed by atoms with van der Waals surface area (Å²) >= 11 is 4.25. The maximum atomic E-state index is 3.29. The number of hydrogen-bond acceptors (Lipinski definition) is 1. The number of nitrogens with zero attached hydrogens (tertiary/aromatic N) is 1. The van der Waals surface area contributed by atoms with Gasteiger partial charge in [-0.1, -0.05) is 6.42 Å². The van der Waals surface area contributed by atoms with Crippen molar-refractivity contribution in [2.75, 3.05) is 6.54 Å². The van der Waals surface area contributed by atoms with Crippen molar-refractivity contribution < 1.29 is 16.3 Å². The molecule has 0 bridgehead atoms. The number of hydrogen-bond donors (Lipinski definition) is 0. The normalized spacial score (nSPS) is 21.1. The predicted octanol–water partition coefficient (Wildman–Crippen LogP) is 3.70. The van der Waals surface area contributed by atoms with Crippen LogP contribution in [0.3, 0.4) is 0 Å². The summed E-state index contributed by atoms with van der Waals surface area (Å²) in [6, 6.07) is 12.3. The summed E-state index contributed by atoms with van der Waals surface area (Å²) in [7, 11) is 0. The molecular formula is C13H18BrNZn. The summed E-state index contributed by atoms with van der Waals surface area (Å²) in [6.07, 6.45) is 4.11. The molecule has 0 spiro atoms. The Hall–Kier alpha value is 0.283. The Morgan fingerprint density at radius 1 is 1.44 bits per heavy atom. The Morgan fingerprint density at radius 2 is 2.25 bits per heavy atom.